The fourth-order valence-electron chi connectivity index (χ4n) is 1.51. The lowest BCUT2D eigenvalue weighted by Gasteiger charge is -2.18. The molecule has 0 fully saturated rings. The van der Waals surface area contributed by atoms with Crippen molar-refractivity contribution in [2.24, 2.45) is 5.73 Å². The highest BCUT2D eigenvalue weighted by Crippen LogP contribution is 2.28. The van der Waals surface area contributed by atoms with Gasteiger partial charge >= 0.3 is 0 Å². The fourth-order valence-corrected chi connectivity index (χ4v) is 1.89. The van der Waals surface area contributed by atoms with Gasteiger partial charge in [0.1, 0.15) is 11.9 Å². The molecule has 0 aliphatic heterocycles. The lowest BCUT2D eigenvalue weighted by atomic mass is 10.1. The molecule has 1 atom stereocenters. The summed E-state index contributed by atoms with van der Waals surface area (Å²) < 4.78 is 6.79. The van der Waals surface area contributed by atoms with Crippen molar-refractivity contribution >= 4 is 15.9 Å². The van der Waals surface area contributed by atoms with E-state index >= 15 is 0 Å². The number of aromatic nitrogens is 1. The van der Waals surface area contributed by atoms with E-state index in [9.17, 15) is 0 Å². The third-order valence-electron chi connectivity index (χ3n) is 2.38. The van der Waals surface area contributed by atoms with Gasteiger partial charge in [-0.05, 0) is 34.1 Å². The SMILES string of the molecule is NCC(Oc1ccccc1Br)c1cccnc1. The Morgan fingerprint density at radius 1 is 1.24 bits per heavy atom. The zero-order chi connectivity index (χ0) is 12.1. The molecule has 0 saturated carbocycles. The molecule has 2 rings (SSSR count). The van der Waals surface area contributed by atoms with Gasteiger partial charge in [-0.15, -0.1) is 0 Å². The van der Waals surface area contributed by atoms with E-state index in [1.165, 1.54) is 0 Å². The molecule has 2 aromatic rings. The van der Waals surface area contributed by atoms with Gasteiger partial charge in [0.25, 0.3) is 0 Å². The quantitative estimate of drug-likeness (QED) is 0.943. The maximum Gasteiger partial charge on any atom is 0.137 e. The number of rotatable bonds is 4. The predicted octanol–water partition coefficient (Wildman–Crippen LogP) is 2.92. The molecule has 0 spiro atoms. The molecular weight excluding hydrogens is 280 g/mol. The minimum atomic E-state index is -0.178. The molecule has 0 amide bonds. The smallest absolute Gasteiger partial charge is 0.137 e. The van der Waals surface area contributed by atoms with Gasteiger partial charge in [-0.3, -0.25) is 4.98 Å². The van der Waals surface area contributed by atoms with Crippen molar-refractivity contribution in [3.05, 3.63) is 58.8 Å². The maximum atomic E-state index is 5.87. The van der Waals surface area contributed by atoms with Gasteiger partial charge in [0, 0.05) is 24.5 Å². The van der Waals surface area contributed by atoms with Gasteiger partial charge in [0.2, 0.25) is 0 Å². The number of ether oxygens (including phenoxy) is 1. The lowest BCUT2D eigenvalue weighted by molar-refractivity contribution is 0.212. The van der Waals surface area contributed by atoms with E-state index in [1.54, 1.807) is 12.4 Å². The van der Waals surface area contributed by atoms with Crippen LogP contribution in [0, 0.1) is 0 Å². The number of benzene rings is 1. The molecule has 0 aliphatic carbocycles. The van der Waals surface area contributed by atoms with E-state index in [4.69, 9.17) is 10.5 Å². The molecule has 0 aliphatic rings. The monoisotopic (exact) mass is 292 g/mol. The van der Waals surface area contributed by atoms with Crippen LogP contribution < -0.4 is 10.5 Å². The molecule has 2 N–H and O–H groups in total. The summed E-state index contributed by atoms with van der Waals surface area (Å²) in [6.07, 6.45) is 3.33. The third kappa shape index (κ3) is 3.05. The summed E-state index contributed by atoms with van der Waals surface area (Å²) in [6.45, 7) is 0.410. The summed E-state index contributed by atoms with van der Waals surface area (Å²) >= 11 is 3.45. The van der Waals surface area contributed by atoms with Gasteiger partial charge in [-0.1, -0.05) is 18.2 Å². The van der Waals surface area contributed by atoms with Gasteiger partial charge in [-0.2, -0.15) is 0 Å². The van der Waals surface area contributed by atoms with Crippen LogP contribution in [0.15, 0.2) is 53.3 Å². The number of para-hydroxylation sites is 1. The molecule has 1 heterocycles. The molecule has 1 aromatic heterocycles. The van der Waals surface area contributed by atoms with Crippen LogP contribution in [0.4, 0.5) is 0 Å². The highest BCUT2D eigenvalue weighted by Gasteiger charge is 2.12. The molecular formula is C13H13BrN2O. The largest absolute Gasteiger partial charge is 0.483 e. The van der Waals surface area contributed by atoms with Crippen LogP contribution in [-0.2, 0) is 0 Å². The normalized spacial score (nSPS) is 12.1. The summed E-state index contributed by atoms with van der Waals surface area (Å²) in [7, 11) is 0. The molecule has 88 valence electrons. The van der Waals surface area contributed by atoms with Crippen LogP contribution in [0.1, 0.15) is 11.7 Å². The second-order valence-corrected chi connectivity index (χ2v) is 4.41. The second kappa shape index (κ2) is 5.80. The summed E-state index contributed by atoms with van der Waals surface area (Å²) in [5.41, 5.74) is 6.71. The average Bonchev–Trinajstić information content (AvgIpc) is 2.39. The van der Waals surface area contributed by atoms with Gasteiger partial charge in [0.15, 0.2) is 0 Å². The van der Waals surface area contributed by atoms with Crippen molar-refractivity contribution < 1.29 is 4.74 Å². The minimum Gasteiger partial charge on any atom is -0.483 e. The number of halogens is 1. The molecule has 1 unspecified atom stereocenters. The zero-order valence-corrected chi connectivity index (χ0v) is 10.8. The Hall–Kier alpha value is -1.39. The Morgan fingerprint density at radius 2 is 2.06 bits per heavy atom. The number of pyridine rings is 1. The summed E-state index contributed by atoms with van der Waals surface area (Å²) in [5.74, 6) is 0.784. The average molecular weight is 293 g/mol. The summed E-state index contributed by atoms with van der Waals surface area (Å²) in [5, 5.41) is 0. The van der Waals surface area contributed by atoms with Crippen LogP contribution in [0.3, 0.4) is 0 Å². The van der Waals surface area contributed by atoms with Crippen LogP contribution in [0.5, 0.6) is 5.75 Å². The molecule has 17 heavy (non-hydrogen) atoms. The molecule has 4 heteroatoms. The predicted molar refractivity (Wildman–Crippen MR) is 70.8 cm³/mol. The van der Waals surface area contributed by atoms with E-state index in [2.05, 4.69) is 20.9 Å². The van der Waals surface area contributed by atoms with Gasteiger partial charge in [0.05, 0.1) is 4.47 Å². The number of nitrogens with two attached hydrogens (primary N) is 1. The fraction of sp³-hybridized carbons (Fsp3) is 0.154. The number of hydrogen-bond acceptors (Lipinski definition) is 3. The van der Waals surface area contributed by atoms with Gasteiger partial charge in [-0.25, -0.2) is 0 Å². The number of nitrogens with zero attached hydrogens (tertiary/aromatic N) is 1. The van der Waals surface area contributed by atoms with Crippen LogP contribution in [0.25, 0.3) is 0 Å². The Balaban J connectivity index is 2.19. The second-order valence-electron chi connectivity index (χ2n) is 3.56. The van der Waals surface area contributed by atoms with Crippen LogP contribution >= 0.6 is 15.9 Å². The molecule has 0 bridgehead atoms. The first kappa shape index (κ1) is 12.1. The van der Waals surface area contributed by atoms with Gasteiger partial charge < -0.3 is 10.5 Å². The standard InChI is InChI=1S/C13H13BrN2O/c14-11-5-1-2-6-12(11)17-13(8-15)10-4-3-7-16-9-10/h1-7,9,13H,8,15H2. The Bertz CT molecular complexity index is 476. The van der Waals surface area contributed by atoms with Crippen molar-refractivity contribution in [2.45, 2.75) is 6.10 Å². The topological polar surface area (TPSA) is 48.1 Å². The van der Waals surface area contributed by atoms with Crippen LogP contribution in [-0.4, -0.2) is 11.5 Å². The van der Waals surface area contributed by atoms with E-state index < -0.39 is 0 Å². The van der Waals surface area contributed by atoms with Crippen molar-refractivity contribution in [1.82, 2.24) is 4.98 Å². The maximum absolute atomic E-state index is 5.87. The van der Waals surface area contributed by atoms with Crippen molar-refractivity contribution in [1.29, 1.82) is 0 Å². The lowest BCUT2D eigenvalue weighted by Crippen LogP contribution is -2.18. The van der Waals surface area contributed by atoms with E-state index in [0.29, 0.717) is 6.54 Å². The summed E-state index contributed by atoms with van der Waals surface area (Å²) in [4.78, 5) is 4.07. The minimum absolute atomic E-state index is 0.178. The Labute approximate surface area is 109 Å². The number of hydrogen-bond donors (Lipinski definition) is 1. The third-order valence-corrected chi connectivity index (χ3v) is 3.03. The molecule has 0 saturated heterocycles. The van der Waals surface area contributed by atoms with E-state index in [-0.39, 0.29) is 6.10 Å². The van der Waals surface area contributed by atoms with Crippen molar-refractivity contribution in [2.75, 3.05) is 6.54 Å². The van der Waals surface area contributed by atoms with E-state index in [0.717, 1.165) is 15.8 Å². The Kier molecular flexibility index (Phi) is 4.12. The first-order valence-electron chi connectivity index (χ1n) is 5.32. The Morgan fingerprint density at radius 3 is 2.71 bits per heavy atom. The zero-order valence-electron chi connectivity index (χ0n) is 9.21. The first-order valence-corrected chi connectivity index (χ1v) is 6.11. The highest BCUT2D eigenvalue weighted by atomic mass is 79.9. The molecule has 3 nitrogen and oxygen atoms in total. The van der Waals surface area contributed by atoms with Crippen molar-refractivity contribution in [3.63, 3.8) is 0 Å². The van der Waals surface area contributed by atoms with Crippen molar-refractivity contribution in [3.8, 4) is 5.75 Å². The summed E-state index contributed by atoms with van der Waals surface area (Å²) in [6, 6.07) is 11.5. The molecule has 1 aromatic carbocycles. The van der Waals surface area contributed by atoms with E-state index in [1.807, 2.05) is 36.4 Å². The highest BCUT2D eigenvalue weighted by molar-refractivity contribution is 9.10. The van der Waals surface area contributed by atoms with Crippen LogP contribution in [0.2, 0.25) is 0 Å². The molecule has 0 radical (unpaired) electrons. The first-order chi connectivity index (χ1) is 8.31.